The highest BCUT2D eigenvalue weighted by Gasteiger charge is 2.35. The zero-order chi connectivity index (χ0) is 31.3. The highest BCUT2D eigenvalue weighted by Crippen LogP contribution is 2.33. The minimum absolute atomic E-state index is 0.0540. The molecule has 3 aromatic carbocycles. The number of likely N-dealkylation sites (tertiary alicyclic amines) is 1. The van der Waals surface area contributed by atoms with E-state index in [1.165, 1.54) is 12.1 Å². The molecular formula is C34H31FN4O6. The first-order valence-electron chi connectivity index (χ1n) is 14.5. The summed E-state index contributed by atoms with van der Waals surface area (Å²) in [5.74, 6) is -0.258. The van der Waals surface area contributed by atoms with E-state index in [0.29, 0.717) is 46.7 Å². The summed E-state index contributed by atoms with van der Waals surface area (Å²) in [6.07, 6.45) is 2.90. The van der Waals surface area contributed by atoms with E-state index in [0.717, 1.165) is 5.56 Å². The Balaban J connectivity index is 1.37. The molecule has 1 saturated heterocycles. The van der Waals surface area contributed by atoms with Crippen molar-refractivity contribution in [1.82, 2.24) is 20.5 Å². The van der Waals surface area contributed by atoms with Gasteiger partial charge in [-0.3, -0.25) is 19.4 Å². The van der Waals surface area contributed by atoms with Crippen LogP contribution in [0.15, 0.2) is 85.2 Å². The third kappa shape index (κ3) is 6.87. The molecule has 0 radical (unpaired) electrons. The number of halogens is 1. The molecule has 2 N–H and O–H groups in total. The molecule has 6 bridgehead atoms. The fraction of sp³-hybridized carbons (Fsp3) is 0.235. The SMILES string of the molecule is COc1ccc2cc1-c1cccc(c1)OCC(=O)NCc1cc(F)cc(c1)O[C@@H]1CCN(C(=O)c3ccncc3)C[C@H]1NC2=O. The van der Waals surface area contributed by atoms with E-state index < -0.39 is 18.0 Å². The van der Waals surface area contributed by atoms with Gasteiger partial charge in [0.1, 0.15) is 29.2 Å². The fourth-order valence-electron chi connectivity index (χ4n) is 5.52. The third-order valence-electron chi connectivity index (χ3n) is 7.77. The molecule has 3 heterocycles. The van der Waals surface area contributed by atoms with E-state index in [1.807, 2.05) is 6.07 Å². The molecule has 45 heavy (non-hydrogen) atoms. The number of pyridine rings is 1. The number of rotatable bonds is 2. The third-order valence-corrected chi connectivity index (χ3v) is 7.77. The van der Waals surface area contributed by atoms with Crippen molar-refractivity contribution in [3.8, 4) is 28.4 Å². The van der Waals surface area contributed by atoms with Crippen LogP contribution in [0, 0.1) is 5.82 Å². The van der Waals surface area contributed by atoms with Gasteiger partial charge in [-0.15, -0.1) is 0 Å². The van der Waals surface area contributed by atoms with Gasteiger partial charge in [0.2, 0.25) is 0 Å². The van der Waals surface area contributed by atoms with Gasteiger partial charge < -0.3 is 29.7 Å². The molecule has 0 unspecified atom stereocenters. The van der Waals surface area contributed by atoms with E-state index in [1.54, 1.807) is 79.0 Å². The Bertz CT molecular complexity index is 1730. The number of hydrogen-bond donors (Lipinski definition) is 2. The number of aromatic nitrogens is 1. The second-order valence-electron chi connectivity index (χ2n) is 10.8. The Morgan fingerprint density at radius 3 is 2.67 bits per heavy atom. The molecule has 1 fully saturated rings. The van der Waals surface area contributed by atoms with Crippen molar-refractivity contribution in [1.29, 1.82) is 0 Å². The maximum absolute atomic E-state index is 14.7. The number of carbonyl (C=O) groups excluding carboxylic acids is 3. The predicted octanol–water partition coefficient (Wildman–Crippen LogP) is 4.00. The summed E-state index contributed by atoms with van der Waals surface area (Å²) in [5.41, 5.74) is 2.70. The average molecular weight is 611 g/mol. The van der Waals surface area contributed by atoms with Crippen molar-refractivity contribution in [2.45, 2.75) is 25.1 Å². The second kappa shape index (κ2) is 13.0. The monoisotopic (exact) mass is 610 g/mol. The Hall–Kier alpha value is -5.45. The standard InChI is InChI=1S/C34H31FN4O6/c1-43-30-6-5-24-16-28(30)23-3-2-4-26(15-23)44-20-32(40)37-18-21-13-25(35)17-27(14-21)45-31-9-12-39(19-29(31)38-33(24)41)34(42)22-7-10-36-11-8-22/h2-8,10-11,13-17,29,31H,9,12,18-20H2,1H3,(H,37,40)(H,38,41)/t29-,31-/m1/s1. The van der Waals surface area contributed by atoms with Crippen LogP contribution in [0.1, 0.15) is 32.7 Å². The Morgan fingerprint density at radius 1 is 1.00 bits per heavy atom. The molecule has 11 heteroatoms. The lowest BCUT2D eigenvalue weighted by Gasteiger charge is -2.39. The number of nitrogens with one attached hydrogen (secondary N) is 2. The van der Waals surface area contributed by atoms with E-state index in [2.05, 4.69) is 15.6 Å². The molecule has 230 valence electrons. The van der Waals surface area contributed by atoms with Crippen molar-refractivity contribution in [2.75, 3.05) is 26.8 Å². The normalized spacial score (nSPS) is 18.4. The van der Waals surface area contributed by atoms with Gasteiger partial charge in [0, 0.05) is 61.2 Å². The number of nitrogens with zero attached hydrogens (tertiary/aromatic N) is 2. The topological polar surface area (TPSA) is 119 Å². The Kier molecular flexibility index (Phi) is 8.58. The lowest BCUT2D eigenvalue weighted by molar-refractivity contribution is -0.123. The smallest absolute Gasteiger partial charge is 0.258 e. The molecule has 10 nitrogen and oxygen atoms in total. The lowest BCUT2D eigenvalue weighted by atomic mass is 9.98. The number of methoxy groups -OCH3 is 1. The van der Waals surface area contributed by atoms with E-state index in [9.17, 15) is 18.8 Å². The average Bonchev–Trinajstić information content (AvgIpc) is 3.06. The summed E-state index contributed by atoms with van der Waals surface area (Å²) in [5, 5.41) is 5.81. The number of hydrogen-bond acceptors (Lipinski definition) is 7. The summed E-state index contributed by atoms with van der Waals surface area (Å²) in [6.45, 7) is 0.330. The van der Waals surface area contributed by atoms with Crippen LogP contribution in [0.2, 0.25) is 0 Å². The maximum atomic E-state index is 14.7. The number of carbonyl (C=O) groups is 3. The molecule has 3 amide bonds. The van der Waals surface area contributed by atoms with E-state index >= 15 is 0 Å². The quantitative estimate of drug-likeness (QED) is 0.352. The molecule has 6 rings (SSSR count). The van der Waals surface area contributed by atoms with Crippen molar-refractivity contribution in [2.24, 2.45) is 0 Å². The number of ether oxygens (including phenoxy) is 3. The van der Waals surface area contributed by atoms with Crippen molar-refractivity contribution in [3.05, 3.63) is 108 Å². The zero-order valence-corrected chi connectivity index (χ0v) is 24.5. The van der Waals surface area contributed by atoms with Gasteiger partial charge in [-0.25, -0.2) is 4.39 Å². The summed E-state index contributed by atoms with van der Waals surface area (Å²) < 4.78 is 32.3. The lowest BCUT2D eigenvalue weighted by Crippen LogP contribution is -2.58. The van der Waals surface area contributed by atoms with Crippen LogP contribution in [0.4, 0.5) is 4.39 Å². The van der Waals surface area contributed by atoms with E-state index in [-0.39, 0.29) is 43.2 Å². The van der Waals surface area contributed by atoms with Crippen LogP contribution in [0.3, 0.4) is 0 Å². The first-order chi connectivity index (χ1) is 21.9. The first kappa shape index (κ1) is 29.6. The number of fused-ring (bicyclic) bond motifs is 8. The van der Waals surface area contributed by atoms with Crippen LogP contribution in [-0.4, -0.2) is 66.6 Å². The van der Waals surface area contributed by atoms with Crippen molar-refractivity contribution in [3.63, 3.8) is 0 Å². The molecule has 2 aliphatic rings. The van der Waals surface area contributed by atoms with Crippen LogP contribution in [-0.2, 0) is 11.3 Å². The molecule has 0 aliphatic carbocycles. The number of piperidine rings is 1. The highest BCUT2D eigenvalue weighted by molar-refractivity contribution is 5.97. The largest absolute Gasteiger partial charge is 0.496 e. The second-order valence-corrected chi connectivity index (χ2v) is 10.8. The fourth-order valence-corrected chi connectivity index (χ4v) is 5.52. The Labute approximate surface area is 259 Å². The van der Waals surface area contributed by atoms with Gasteiger partial charge in [-0.05, 0) is 65.7 Å². The minimum Gasteiger partial charge on any atom is -0.496 e. The molecular weight excluding hydrogens is 579 g/mol. The van der Waals surface area contributed by atoms with Gasteiger partial charge in [0.15, 0.2) is 6.61 Å². The van der Waals surface area contributed by atoms with Gasteiger partial charge in [0.05, 0.1) is 13.2 Å². The summed E-state index contributed by atoms with van der Waals surface area (Å²) in [6, 6.07) is 19.1. The van der Waals surface area contributed by atoms with Gasteiger partial charge in [-0.1, -0.05) is 12.1 Å². The zero-order valence-electron chi connectivity index (χ0n) is 24.5. The molecule has 4 aromatic rings. The number of amides is 3. The predicted molar refractivity (Wildman–Crippen MR) is 163 cm³/mol. The summed E-state index contributed by atoms with van der Waals surface area (Å²) in [7, 11) is 1.54. The molecule has 1 aromatic heterocycles. The Morgan fingerprint density at radius 2 is 1.84 bits per heavy atom. The van der Waals surface area contributed by atoms with Gasteiger partial charge >= 0.3 is 0 Å². The molecule has 2 atom stereocenters. The minimum atomic E-state index is -0.632. The van der Waals surface area contributed by atoms with E-state index in [4.69, 9.17) is 14.2 Å². The number of benzene rings is 3. The van der Waals surface area contributed by atoms with Crippen LogP contribution in [0.5, 0.6) is 17.2 Å². The van der Waals surface area contributed by atoms with Crippen LogP contribution >= 0.6 is 0 Å². The van der Waals surface area contributed by atoms with Crippen molar-refractivity contribution >= 4 is 17.7 Å². The molecule has 0 spiro atoms. The van der Waals surface area contributed by atoms with Gasteiger partial charge in [-0.2, -0.15) is 0 Å². The van der Waals surface area contributed by atoms with Crippen LogP contribution < -0.4 is 24.8 Å². The molecule has 0 saturated carbocycles. The summed E-state index contributed by atoms with van der Waals surface area (Å²) >= 11 is 0. The van der Waals surface area contributed by atoms with Crippen molar-refractivity contribution < 1.29 is 33.0 Å². The maximum Gasteiger partial charge on any atom is 0.258 e. The van der Waals surface area contributed by atoms with Crippen LogP contribution in [0.25, 0.3) is 11.1 Å². The highest BCUT2D eigenvalue weighted by atomic mass is 19.1. The van der Waals surface area contributed by atoms with Gasteiger partial charge in [0.25, 0.3) is 17.7 Å². The first-order valence-corrected chi connectivity index (χ1v) is 14.5. The molecule has 2 aliphatic heterocycles. The summed E-state index contributed by atoms with van der Waals surface area (Å²) in [4.78, 5) is 45.3.